The summed E-state index contributed by atoms with van der Waals surface area (Å²) < 4.78 is 10.6. The quantitative estimate of drug-likeness (QED) is 0.831. The monoisotopic (exact) mass is 361 g/mol. The first kappa shape index (κ1) is 17.9. The van der Waals surface area contributed by atoms with E-state index in [0.29, 0.717) is 18.8 Å². The smallest absolute Gasteiger partial charge is 0.336 e. The lowest BCUT2D eigenvalue weighted by atomic mass is 9.73. The van der Waals surface area contributed by atoms with E-state index in [-0.39, 0.29) is 17.9 Å². The Morgan fingerprint density at radius 1 is 1.20 bits per heavy atom. The molecule has 0 unspecified atom stereocenters. The number of ether oxygens (including phenoxy) is 2. The third-order valence-corrected chi connectivity index (χ3v) is 6.06. The average molecular weight is 361 g/mol. The fourth-order valence-electron chi connectivity index (χ4n) is 3.80. The van der Waals surface area contributed by atoms with Crippen LogP contribution in [0.4, 0.5) is 0 Å². The summed E-state index contributed by atoms with van der Waals surface area (Å²) in [7, 11) is 0. The van der Waals surface area contributed by atoms with Crippen molar-refractivity contribution in [3.8, 4) is 0 Å². The van der Waals surface area contributed by atoms with Gasteiger partial charge in [-0.25, -0.2) is 4.79 Å². The lowest BCUT2D eigenvalue weighted by Crippen LogP contribution is -2.57. The van der Waals surface area contributed by atoms with E-state index < -0.39 is 10.8 Å². The maximum atomic E-state index is 12.8. The van der Waals surface area contributed by atoms with E-state index in [0.717, 1.165) is 16.2 Å². The van der Waals surface area contributed by atoms with Crippen LogP contribution in [0.3, 0.4) is 0 Å². The number of fused-ring (bicyclic) bond motifs is 4. The number of thioether (sulfide) groups is 1. The number of hydrogen-bond donors (Lipinski definition) is 1. The Balaban J connectivity index is 2.19. The highest BCUT2D eigenvalue weighted by Crippen LogP contribution is 2.56. The van der Waals surface area contributed by atoms with Crippen LogP contribution >= 0.6 is 11.8 Å². The maximum absolute atomic E-state index is 12.8. The largest absolute Gasteiger partial charge is 0.466 e. The number of nitrogens with one attached hydrogen (secondary N) is 1. The van der Waals surface area contributed by atoms with Crippen LogP contribution in [0.25, 0.3) is 0 Å². The number of benzene rings is 1. The number of rotatable bonds is 4. The molecule has 2 aliphatic heterocycles. The third kappa shape index (κ3) is 2.92. The van der Waals surface area contributed by atoms with E-state index in [1.165, 1.54) is 0 Å². The third-order valence-electron chi connectivity index (χ3n) is 4.69. The van der Waals surface area contributed by atoms with Crippen molar-refractivity contribution < 1.29 is 19.1 Å². The molecule has 25 heavy (non-hydrogen) atoms. The van der Waals surface area contributed by atoms with Crippen molar-refractivity contribution in [2.45, 2.75) is 43.4 Å². The normalized spacial score (nSPS) is 27.2. The van der Waals surface area contributed by atoms with Crippen molar-refractivity contribution in [1.29, 1.82) is 0 Å². The molecule has 0 amide bonds. The van der Waals surface area contributed by atoms with Gasteiger partial charge in [0, 0.05) is 16.5 Å². The second-order valence-corrected chi connectivity index (χ2v) is 7.83. The Morgan fingerprint density at radius 3 is 2.56 bits per heavy atom. The zero-order valence-corrected chi connectivity index (χ0v) is 15.7. The van der Waals surface area contributed by atoms with Crippen LogP contribution in [0.5, 0.6) is 0 Å². The van der Waals surface area contributed by atoms with Gasteiger partial charge in [-0.2, -0.15) is 0 Å². The van der Waals surface area contributed by atoms with Crippen molar-refractivity contribution >= 4 is 23.7 Å². The molecule has 0 aromatic heterocycles. The summed E-state index contributed by atoms with van der Waals surface area (Å²) in [5.41, 5.74) is 2.26. The van der Waals surface area contributed by atoms with Gasteiger partial charge in [0.15, 0.2) is 0 Å². The van der Waals surface area contributed by atoms with Crippen molar-refractivity contribution in [2.75, 3.05) is 13.2 Å². The molecule has 0 fully saturated rings. The molecule has 0 saturated heterocycles. The van der Waals surface area contributed by atoms with Gasteiger partial charge in [-0.15, -0.1) is 0 Å². The average Bonchev–Trinajstić information content (AvgIpc) is 2.54. The Morgan fingerprint density at radius 2 is 1.88 bits per heavy atom. The van der Waals surface area contributed by atoms with Gasteiger partial charge < -0.3 is 14.8 Å². The van der Waals surface area contributed by atoms with Crippen LogP contribution in [-0.4, -0.2) is 30.0 Å². The summed E-state index contributed by atoms with van der Waals surface area (Å²) >= 11 is 1.61. The fraction of sp³-hybridized carbons (Fsp3) is 0.474. The van der Waals surface area contributed by atoms with Gasteiger partial charge in [-0.3, -0.25) is 4.79 Å². The zero-order chi connectivity index (χ0) is 18.2. The van der Waals surface area contributed by atoms with Gasteiger partial charge in [0.25, 0.3) is 0 Å². The summed E-state index contributed by atoms with van der Waals surface area (Å²) in [6.45, 7) is 8.03. The first-order chi connectivity index (χ1) is 11.9. The van der Waals surface area contributed by atoms with Crippen LogP contribution in [-0.2, 0) is 19.1 Å². The molecule has 1 aromatic carbocycles. The minimum Gasteiger partial charge on any atom is -0.466 e. The van der Waals surface area contributed by atoms with Crippen LogP contribution in [0.2, 0.25) is 0 Å². The number of allylic oxidation sites excluding steroid dienone is 1. The van der Waals surface area contributed by atoms with Crippen LogP contribution < -0.4 is 5.32 Å². The Kier molecular flexibility index (Phi) is 4.82. The summed E-state index contributed by atoms with van der Waals surface area (Å²) in [6, 6.07) is 7.91. The van der Waals surface area contributed by atoms with E-state index >= 15 is 0 Å². The molecule has 134 valence electrons. The second-order valence-electron chi connectivity index (χ2n) is 6.34. The number of carbonyl (C=O) groups is 2. The first-order valence-corrected chi connectivity index (χ1v) is 9.35. The highest BCUT2D eigenvalue weighted by Gasteiger charge is 2.56. The van der Waals surface area contributed by atoms with E-state index in [9.17, 15) is 9.59 Å². The Labute approximate surface area is 152 Å². The van der Waals surface area contributed by atoms with Crippen LogP contribution in [0.15, 0.2) is 40.4 Å². The topological polar surface area (TPSA) is 64.6 Å². The van der Waals surface area contributed by atoms with Crippen molar-refractivity contribution in [2.24, 2.45) is 5.92 Å². The summed E-state index contributed by atoms with van der Waals surface area (Å²) in [5.74, 6) is -1.55. The molecule has 0 aliphatic carbocycles. The molecule has 1 aromatic rings. The molecule has 0 spiro atoms. The molecule has 3 rings (SSSR count). The van der Waals surface area contributed by atoms with Gasteiger partial charge >= 0.3 is 11.9 Å². The molecule has 2 bridgehead atoms. The lowest BCUT2D eigenvalue weighted by Gasteiger charge is -2.49. The van der Waals surface area contributed by atoms with Crippen molar-refractivity contribution in [1.82, 2.24) is 5.32 Å². The van der Waals surface area contributed by atoms with E-state index in [4.69, 9.17) is 9.47 Å². The van der Waals surface area contributed by atoms with Gasteiger partial charge in [-0.1, -0.05) is 30.0 Å². The lowest BCUT2D eigenvalue weighted by molar-refractivity contribution is -0.151. The highest BCUT2D eigenvalue weighted by atomic mass is 32.2. The second kappa shape index (κ2) is 6.75. The molecule has 5 nitrogen and oxygen atoms in total. The van der Waals surface area contributed by atoms with Crippen molar-refractivity contribution in [3.05, 3.63) is 41.1 Å². The summed E-state index contributed by atoms with van der Waals surface area (Å²) in [4.78, 5) is 26.0. The predicted molar refractivity (Wildman–Crippen MR) is 96.0 cm³/mol. The van der Waals surface area contributed by atoms with Crippen LogP contribution in [0, 0.1) is 5.92 Å². The Bertz CT molecular complexity index is 745. The Hall–Kier alpha value is -1.95. The van der Waals surface area contributed by atoms with Gasteiger partial charge in [0.2, 0.25) is 0 Å². The molecule has 2 heterocycles. The van der Waals surface area contributed by atoms with E-state index in [2.05, 4.69) is 5.32 Å². The van der Waals surface area contributed by atoms with Gasteiger partial charge in [0.1, 0.15) is 5.92 Å². The molecule has 0 radical (unpaired) electrons. The van der Waals surface area contributed by atoms with Crippen molar-refractivity contribution in [3.63, 3.8) is 0 Å². The molecule has 6 heteroatoms. The highest BCUT2D eigenvalue weighted by molar-refractivity contribution is 8.00. The summed E-state index contributed by atoms with van der Waals surface area (Å²) in [6.07, 6.45) is 0. The standard InChI is InChI=1S/C19H23NO4S/c1-5-23-17(21)14-11(3)20-19(4)16(18(22)24-6-2)15(14)12-9-7-8-10-13(12)25-19/h7-10,15-16,20H,5-6H2,1-4H3/t15-,16+,19-/m1/s1. The molecule has 2 aliphatic rings. The van der Waals surface area contributed by atoms with E-state index in [1.54, 1.807) is 25.6 Å². The minimum absolute atomic E-state index is 0.292. The molecular formula is C19H23NO4S. The molecule has 3 atom stereocenters. The first-order valence-electron chi connectivity index (χ1n) is 8.53. The molecular weight excluding hydrogens is 338 g/mol. The SMILES string of the molecule is CCOC(=O)C1=C(C)N[C@]2(C)Sc3ccccc3[C@H]1[C@H]2C(=O)OCC. The molecule has 0 saturated carbocycles. The zero-order valence-electron chi connectivity index (χ0n) is 14.9. The van der Waals surface area contributed by atoms with Crippen LogP contribution in [0.1, 0.15) is 39.2 Å². The number of carbonyl (C=O) groups excluding carboxylic acids is 2. The fourth-order valence-corrected chi connectivity index (χ4v) is 5.28. The van der Waals surface area contributed by atoms with Gasteiger partial charge in [-0.05, 0) is 39.3 Å². The summed E-state index contributed by atoms with van der Waals surface area (Å²) in [5, 5.41) is 3.38. The van der Waals surface area contributed by atoms with Gasteiger partial charge in [0.05, 0.1) is 23.7 Å². The predicted octanol–water partition coefficient (Wildman–Crippen LogP) is 3.21. The number of hydrogen-bond acceptors (Lipinski definition) is 6. The minimum atomic E-state index is -0.578. The number of esters is 2. The molecule has 1 N–H and O–H groups in total. The van der Waals surface area contributed by atoms with E-state index in [1.807, 2.05) is 38.1 Å². The maximum Gasteiger partial charge on any atom is 0.336 e.